The number of anilines is 1. The van der Waals surface area contributed by atoms with Gasteiger partial charge in [-0.3, -0.25) is 10.1 Å². The molecular formula is C17H19FN2O3. The van der Waals surface area contributed by atoms with E-state index in [-0.39, 0.29) is 11.2 Å². The van der Waals surface area contributed by atoms with E-state index >= 15 is 0 Å². The fourth-order valence-corrected chi connectivity index (χ4v) is 2.01. The summed E-state index contributed by atoms with van der Waals surface area (Å²) in [6.07, 6.45) is 0.889. The monoisotopic (exact) mass is 318 g/mol. The molecule has 6 heteroatoms. The Morgan fingerprint density at radius 1 is 1.26 bits per heavy atom. The van der Waals surface area contributed by atoms with E-state index in [2.05, 4.69) is 5.32 Å². The number of carbonyl (C=O) groups is 1. The Labute approximate surface area is 133 Å². The lowest BCUT2D eigenvalue weighted by Gasteiger charge is -2.19. The lowest BCUT2D eigenvalue weighted by Crippen LogP contribution is -2.27. The number of nitrogens with zero attached hydrogens (tertiary/aromatic N) is 1. The van der Waals surface area contributed by atoms with E-state index in [0.717, 1.165) is 0 Å². The molecule has 122 valence electrons. The van der Waals surface area contributed by atoms with E-state index in [1.54, 1.807) is 52.2 Å². The number of aryl methyl sites for hydroxylation is 1. The summed E-state index contributed by atoms with van der Waals surface area (Å²) in [5.74, 6) is -0.640. The zero-order valence-corrected chi connectivity index (χ0v) is 13.5. The average molecular weight is 318 g/mol. The molecule has 1 amide bonds. The van der Waals surface area contributed by atoms with Crippen molar-refractivity contribution < 1.29 is 13.9 Å². The molecule has 1 N–H and O–H groups in total. The van der Waals surface area contributed by atoms with Crippen molar-refractivity contribution in [2.45, 2.75) is 26.4 Å². The highest BCUT2D eigenvalue weighted by molar-refractivity contribution is 5.85. The molecular weight excluding hydrogens is 299 g/mol. The number of aromatic nitrogens is 1. The molecule has 0 saturated heterocycles. The van der Waals surface area contributed by atoms with Crippen LogP contribution in [-0.4, -0.2) is 16.3 Å². The molecule has 0 radical (unpaired) electrons. The van der Waals surface area contributed by atoms with Crippen LogP contribution in [0, 0.1) is 5.82 Å². The maximum Gasteiger partial charge on any atom is 0.412 e. The Morgan fingerprint density at radius 2 is 1.96 bits per heavy atom. The number of carbonyl (C=O) groups excluding carboxylic acids is 1. The van der Waals surface area contributed by atoms with Gasteiger partial charge < -0.3 is 9.30 Å². The number of halogens is 1. The van der Waals surface area contributed by atoms with E-state index in [9.17, 15) is 14.0 Å². The predicted molar refractivity (Wildman–Crippen MR) is 86.9 cm³/mol. The van der Waals surface area contributed by atoms with E-state index < -0.39 is 17.5 Å². The van der Waals surface area contributed by atoms with Crippen LogP contribution in [0.25, 0.3) is 11.1 Å². The standard InChI is InChI=1S/C17H19FN2O3/c1-17(2,3)23-16(22)19-14-8-7-11(10-13(14)18)12-6-5-9-20(4)15(12)21/h5-10H,1-4H3,(H,19,22). The third-order valence-electron chi connectivity index (χ3n) is 3.04. The van der Waals surface area contributed by atoms with Crippen molar-refractivity contribution in [1.82, 2.24) is 4.57 Å². The largest absolute Gasteiger partial charge is 0.444 e. The van der Waals surface area contributed by atoms with Crippen LogP contribution in [0.2, 0.25) is 0 Å². The zero-order valence-electron chi connectivity index (χ0n) is 13.5. The summed E-state index contributed by atoms with van der Waals surface area (Å²) in [6, 6.07) is 7.52. The van der Waals surface area contributed by atoms with Crippen molar-refractivity contribution in [2.24, 2.45) is 7.05 Å². The molecule has 5 nitrogen and oxygen atoms in total. The SMILES string of the molecule is Cn1cccc(-c2ccc(NC(=O)OC(C)(C)C)c(F)c2)c1=O. The summed E-state index contributed by atoms with van der Waals surface area (Å²) in [6.45, 7) is 5.16. The lowest BCUT2D eigenvalue weighted by atomic mass is 10.1. The zero-order chi connectivity index (χ0) is 17.2. The Bertz CT molecular complexity index is 791. The maximum atomic E-state index is 14.2. The minimum absolute atomic E-state index is 0.00393. The molecule has 23 heavy (non-hydrogen) atoms. The van der Waals surface area contributed by atoms with E-state index in [0.29, 0.717) is 11.1 Å². The van der Waals surface area contributed by atoms with Crippen molar-refractivity contribution in [3.05, 3.63) is 52.7 Å². The van der Waals surface area contributed by atoms with Gasteiger partial charge >= 0.3 is 6.09 Å². The van der Waals surface area contributed by atoms with Gasteiger partial charge in [0.2, 0.25) is 0 Å². The van der Waals surface area contributed by atoms with Crippen LogP contribution in [0.15, 0.2) is 41.3 Å². The molecule has 0 aliphatic carbocycles. The molecule has 0 saturated carbocycles. The first-order chi connectivity index (χ1) is 10.7. The second kappa shape index (κ2) is 6.24. The molecule has 0 fully saturated rings. The molecule has 1 aromatic heterocycles. The fourth-order valence-electron chi connectivity index (χ4n) is 2.01. The minimum Gasteiger partial charge on any atom is -0.444 e. The quantitative estimate of drug-likeness (QED) is 0.921. The van der Waals surface area contributed by atoms with E-state index in [1.807, 2.05) is 0 Å². The molecule has 0 unspecified atom stereocenters. The first kappa shape index (κ1) is 16.7. The van der Waals surface area contributed by atoms with Crippen molar-refractivity contribution in [2.75, 3.05) is 5.32 Å². The fraction of sp³-hybridized carbons (Fsp3) is 0.294. The number of nitrogens with one attached hydrogen (secondary N) is 1. The van der Waals surface area contributed by atoms with Crippen molar-refractivity contribution in [1.29, 1.82) is 0 Å². The van der Waals surface area contributed by atoms with Crippen LogP contribution < -0.4 is 10.9 Å². The van der Waals surface area contributed by atoms with Gasteiger partial charge in [-0.2, -0.15) is 0 Å². The van der Waals surface area contributed by atoms with Gasteiger partial charge in [0.05, 0.1) is 5.69 Å². The first-order valence-corrected chi connectivity index (χ1v) is 7.13. The van der Waals surface area contributed by atoms with E-state index in [4.69, 9.17) is 4.74 Å². The third kappa shape index (κ3) is 4.18. The second-order valence-electron chi connectivity index (χ2n) is 6.16. The van der Waals surface area contributed by atoms with Crippen LogP contribution >= 0.6 is 0 Å². The summed E-state index contributed by atoms with van der Waals surface area (Å²) in [7, 11) is 1.63. The van der Waals surface area contributed by atoms with Crippen LogP contribution in [0.1, 0.15) is 20.8 Å². The smallest absolute Gasteiger partial charge is 0.412 e. The Morgan fingerprint density at radius 3 is 2.57 bits per heavy atom. The van der Waals surface area contributed by atoms with Crippen molar-refractivity contribution >= 4 is 11.8 Å². The summed E-state index contributed by atoms with van der Waals surface area (Å²) >= 11 is 0. The molecule has 0 spiro atoms. The Kier molecular flexibility index (Phi) is 4.54. The second-order valence-corrected chi connectivity index (χ2v) is 6.16. The molecule has 0 aliphatic heterocycles. The summed E-state index contributed by atoms with van der Waals surface area (Å²) in [5, 5.41) is 2.35. The summed E-state index contributed by atoms with van der Waals surface area (Å²) < 4.78 is 20.7. The number of benzene rings is 1. The van der Waals surface area contributed by atoms with Gasteiger partial charge in [0.15, 0.2) is 0 Å². The molecule has 2 aromatic rings. The first-order valence-electron chi connectivity index (χ1n) is 7.13. The van der Waals surface area contributed by atoms with Gasteiger partial charge in [-0.25, -0.2) is 9.18 Å². The highest BCUT2D eigenvalue weighted by Crippen LogP contribution is 2.22. The Hall–Kier alpha value is -2.63. The maximum absolute atomic E-state index is 14.2. The van der Waals surface area contributed by atoms with Gasteiger partial charge in [-0.05, 0) is 50.6 Å². The van der Waals surface area contributed by atoms with Crippen LogP contribution in [0.3, 0.4) is 0 Å². The average Bonchev–Trinajstić information content (AvgIpc) is 2.42. The number of pyridine rings is 1. The topological polar surface area (TPSA) is 60.3 Å². The van der Waals surface area contributed by atoms with Gasteiger partial charge in [-0.15, -0.1) is 0 Å². The molecule has 1 aromatic carbocycles. The van der Waals surface area contributed by atoms with Gasteiger partial charge in [0.1, 0.15) is 11.4 Å². The van der Waals surface area contributed by atoms with Gasteiger partial charge in [0.25, 0.3) is 5.56 Å². The summed E-state index contributed by atoms with van der Waals surface area (Å²) in [5.41, 5.74) is -0.0665. The highest BCUT2D eigenvalue weighted by atomic mass is 19.1. The van der Waals surface area contributed by atoms with Crippen molar-refractivity contribution in [3.63, 3.8) is 0 Å². The van der Waals surface area contributed by atoms with Crippen LogP contribution in [-0.2, 0) is 11.8 Å². The van der Waals surface area contributed by atoms with Gasteiger partial charge in [0, 0.05) is 18.8 Å². The molecule has 2 rings (SSSR count). The van der Waals surface area contributed by atoms with Gasteiger partial charge in [-0.1, -0.05) is 6.07 Å². The molecule has 1 heterocycles. The molecule has 0 aliphatic rings. The lowest BCUT2D eigenvalue weighted by molar-refractivity contribution is 0.0635. The van der Waals surface area contributed by atoms with Crippen LogP contribution in [0.4, 0.5) is 14.9 Å². The van der Waals surface area contributed by atoms with Crippen molar-refractivity contribution in [3.8, 4) is 11.1 Å². The highest BCUT2D eigenvalue weighted by Gasteiger charge is 2.17. The summed E-state index contributed by atoms with van der Waals surface area (Å²) in [4.78, 5) is 23.7. The number of rotatable bonds is 2. The number of amides is 1. The number of hydrogen-bond donors (Lipinski definition) is 1. The number of hydrogen-bond acceptors (Lipinski definition) is 3. The van der Waals surface area contributed by atoms with Crippen LogP contribution in [0.5, 0.6) is 0 Å². The molecule has 0 bridgehead atoms. The normalized spacial score (nSPS) is 11.2. The minimum atomic E-state index is -0.736. The molecule has 0 atom stereocenters. The van der Waals surface area contributed by atoms with E-state index in [1.165, 1.54) is 16.7 Å². The third-order valence-corrected chi connectivity index (χ3v) is 3.04. The Balaban J connectivity index is 2.26. The number of ether oxygens (including phenoxy) is 1. The predicted octanol–water partition coefficient (Wildman–Crippen LogP) is 3.54.